The normalized spacial score (nSPS) is 14.8. The molecule has 0 saturated carbocycles. The maximum atomic E-state index is 9.77. The van der Waals surface area contributed by atoms with Gasteiger partial charge in [0.15, 0.2) is 36.6 Å². The zero-order chi connectivity index (χ0) is 24.9. The molecular formula is C12H18Dy2O18. The molecule has 0 heterocycles. The van der Waals surface area contributed by atoms with Crippen LogP contribution in [0.25, 0.3) is 0 Å². The van der Waals surface area contributed by atoms with E-state index in [4.69, 9.17) is 61.3 Å². The fraction of sp³-hybridized carbons (Fsp3) is 0.500. The van der Waals surface area contributed by atoms with E-state index in [-0.39, 0.29) is 76.3 Å². The Hall–Kier alpha value is -0.875. The van der Waals surface area contributed by atoms with Gasteiger partial charge in [-0.15, -0.1) is 0 Å². The van der Waals surface area contributed by atoms with Crippen LogP contribution in [0, 0.1) is 76.3 Å². The summed E-state index contributed by atoms with van der Waals surface area (Å²) >= 11 is 0. The van der Waals surface area contributed by atoms with Gasteiger partial charge in [0.2, 0.25) is 0 Å². The van der Waals surface area contributed by atoms with Gasteiger partial charge in [0, 0.05) is 76.3 Å². The van der Waals surface area contributed by atoms with Crippen molar-refractivity contribution < 1.29 is 166 Å². The van der Waals surface area contributed by atoms with E-state index in [1.165, 1.54) is 0 Å². The van der Waals surface area contributed by atoms with Crippen LogP contribution in [0.15, 0.2) is 0 Å². The van der Waals surface area contributed by atoms with Crippen LogP contribution in [0.5, 0.6) is 0 Å². The van der Waals surface area contributed by atoms with Gasteiger partial charge in [-0.05, 0) is 0 Å². The van der Waals surface area contributed by atoms with Crippen LogP contribution in [0.2, 0.25) is 0 Å². The first-order valence-electron chi connectivity index (χ1n) is 6.85. The van der Waals surface area contributed by atoms with E-state index in [0.29, 0.717) is 0 Å². The minimum Gasteiger partial charge on any atom is -0.479 e. The molecule has 0 aromatic carbocycles. The summed E-state index contributed by atoms with van der Waals surface area (Å²) in [7, 11) is 0. The first kappa shape index (κ1) is 41.4. The molecule has 20 heteroatoms. The van der Waals surface area contributed by atoms with Crippen molar-refractivity contribution in [2.75, 3.05) is 0 Å². The Kier molecular flexibility index (Phi) is 26.8. The van der Waals surface area contributed by atoms with Crippen molar-refractivity contribution in [1.82, 2.24) is 0 Å². The summed E-state index contributed by atoms with van der Waals surface area (Å²) in [5, 5.41) is 97.6. The monoisotopic (exact) mass is 778 g/mol. The molecule has 0 aliphatic heterocycles. The fourth-order valence-electron chi connectivity index (χ4n) is 0.810. The predicted octanol–water partition coefficient (Wildman–Crippen LogP) is -6.37. The number of carboxylic acid groups (broad SMARTS) is 6. The zero-order valence-electron chi connectivity index (χ0n) is 14.9. The predicted molar refractivity (Wildman–Crippen MR) is 81.9 cm³/mol. The number of carbonyl (C=O) groups is 6. The second-order valence-electron chi connectivity index (χ2n) is 4.70. The summed E-state index contributed by atoms with van der Waals surface area (Å²) in [6.07, 6.45) is -13.6. The Morgan fingerprint density at radius 1 is 0.312 bits per heavy atom. The van der Waals surface area contributed by atoms with Crippen molar-refractivity contribution in [1.29, 1.82) is 0 Å². The molecule has 0 aromatic rings. The molecule has 0 saturated heterocycles. The molecule has 0 aliphatic carbocycles. The third-order valence-electron chi connectivity index (χ3n) is 2.42. The molecule has 6 atom stereocenters. The standard InChI is InChI=1S/3C4H6O6.2Dy/c3*5-1(3(7)8)2(6)4(9)10;;/h3*1-2,5-6H,(H,7,8)(H,9,10);;. The van der Waals surface area contributed by atoms with Gasteiger partial charge in [-0.1, -0.05) is 0 Å². The summed E-state index contributed by atoms with van der Waals surface area (Å²) in [6, 6.07) is 0. The Labute approximate surface area is 236 Å². The summed E-state index contributed by atoms with van der Waals surface area (Å²) in [6.45, 7) is 0. The minimum absolute atomic E-state index is 0. The summed E-state index contributed by atoms with van der Waals surface area (Å²) < 4.78 is 0. The molecule has 0 aromatic heterocycles. The van der Waals surface area contributed by atoms with E-state index in [0.717, 1.165) is 0 Å². The van der Waals surface area contributed by atoms with Gasteiger partial charge in [-0.25, -0.2) is 28.8 Å². The molecule has 6 unspecified atom stereocenters. The number of carboxylic acids is 6. The van der Waals surface area contributed by atoms with E-state index < -0.39 is 72.4 Å². The van der Waals surface area contributed by atoms with Crippen molar-refractivity contribution >= 4 is 35.8 Å². The average molecular weight is 775 g/mol. The largest absolute Gasteiger partial charge is 0.479 e. The number of hydrogen-bond donors (Lipinski definition) is 12. The fourth-order valence-corrected chi connectivity index (χ4v) is 0.810. The molecule has 0 bridgehead atoms. The second kappa shape index (κ2) is 20.7. The molecule has 32 heavy (non-hydrogen) atoms. The van der Waals surface area contributed by atoms with Gasteiger partial charge in [-0.2, -0.15) is 0 Å². The van der Waals surface area contributed by atoms with Gasteiger partial charge >= 0.3 is 35.8 Å². The molecule has 0 fully saturated rings. The average Bonchev–Trinajstić information content (AvgIpc) is 2.64. The molecule has 0 rings (SSSR count). The van der Waals surface area contributed by atoms with Crippen LogP contribution in [0.4, 0.5) is 0 Å². The zero-order valence-corrected chi connectivity index (χ0v) is 19.0. The van der Waals surface area contributed by atoms with Crippen molar-refractivity contribution in [3.05, 3.63) is 0 Å². The number of hydrogen-bond acceptors (Lipinski definition) is 12. The first-order chi connectivity index (χ1) is 13.4. The van der Waals surface area contributed by atoms with Gasteiger partial charge in [0.25, 0.3) is 0 Å². The summed E-state index contributed by atoms with van der Waals surface area (Å²) in [4.78, 5) is 58.6. The van der Waals surface area contributed by atoms with E-state index in [1.807, 2.05) is 0 Å². The van der Waals surface area contributed by atoms with Gasteiger partial charge < -0.3 is 61.3 Å². The number of aliphatic hydroxyl groups is 6. The molecule has 18 nitrogen and oxygen atoms in total. The van der Waals surface area contributed by atoms with Crippen LogP contribution in [-0.2, 0) is 28.8 Å². The maximum absolute atomic E-state index is 9.77. The topological polar surface area (TPSA) is 345 Å². The van der Waals surface area contributed by atoms with Crippen LogP contribution in [0.3, 0.4) is 0 Å². The molecular weight excluding hydrogens is 757 g/mol. The van der Waals surface area contributed by atoms with Crippen molar-refractivity contribution in [2.45, 2.75) is 36.6 Å². The summed E-state index contributed by atoms with van der Waals surface area (Å²) in [5.74, 6) is -10.6. The molecule has 0 aliphatic rings. The summed E-state index contributed by atoms with van der Waals surface area (Å²) in [5.41, 5.74) is 0. The number of aliphatic carboxylic acids is 6. The maximum Gasteiger partial charge on any atom is 0.335 e. The molecule has 12 N–H and O–H groups in total. The third kappa shape index (κ3) is 18.7. The van der Waals surface area contributed by atoms with Crippen LogP contribution in [-0.4, -0.2) is 134 Å². The van der Waals surface area contributed by atoms with Crippen molar-refractivity contribution in [2.24, 2.45) is 0 Å². The van der Waals surface area contributed by atoms with E-state index >= 15 is 0 Å². The molecule has 0 amide bonds. The SMILES string of the molecule is O=C(O)C(O)C(O)C(=O)O.O=C(O)C(O)C(O)C(=O)O.O=C(O)C(O)C(O)C(=O)O.[Dy].[Dy]. The van der Waals surface area contributed by atoms with Gasteiger partial charge in [0.05, 0.1) is 0 Å². The Morgan fingerprint density at radius 2 is 0.375 bits per heavy atom. The van der Waals surface area contributed by atoms with E-state index in [2.05, 4.69) is 0 Å². The second-order valence-corrected chi connectivity index (χ2v) is 4.70. The first-order valence-corrected chi connectivity index (χ1v) is 6.85. The van der Waals surface area contributed by atoms with Crippen LogP contribution >= 0.6 is 0 Å². The number of aliphatic hydroxyl groups excluding tert-OH is 6. The smallest absolute Gasteiger partial charge is 0.335 e. The number of rotatable bonds is 9. The Bertz CT molecular complexity index is 498. The Balaban J connectivity index is -0.000000110. The molecule has 0 spiro atoms. The molecule has 194 valence electrons. The van der Waals surface area contributed by atoms with E-state index in [9.17, 15) is 28.8 Å². The van der Waals surface area contributed by atoms with Crippen molar-refractivity contribution in [3.63, 3.8) is 0 Å². The van der Waals surface area contributed by atoms with Crippen LogP contribution < -0.4 is 0 Å². The molecule has 0 radical (unpaired) electrons. The van der Waals surface area contributed by atoms with Gasteiger partial charge in [0.1, 0.15) is 0 Å². The third-order valence-corrected chi connectivity index (χ3v) is 2.42. The quantitative estimate of drug-likeness (QED) is 0.104. The van der Waals surface area contributed by atoms with E-state index in [1.54, 1.807) is 0 Å². The van der Waals surface area contributed by atoms with Gasteiger partial charge in [-0.3, -0.25) is 0 Å². The van der Waals surface area contributed by atoms with Crippen LogP contribution in [0.1, 0.15) is 0 Å². The van der Waals surface area contributed by atoms with Crippen molar-refractivity contribution in [3.8, 4) is 0 Å². The Morgan fingerprint density at radius 3 is 0.406 bits per heavy atom. The minimum atomic E-state index is -2.27.